The van der Waals surface area contributed by atoms with E-state index >= 15 is 0 Å². The lowest BCUT2D eigenvalue weighted by atomic mass is 10.3. The molecule has 0 unspecified atom stereocenters. The van der Waals surface area contributed by atoms with Crippen LogP contribution >= 0.6 is 15.9 Å². The summed E-state index contributed by atoms with van der Waals surface area (Å²) < 4.78 is 18.1. The van der Waals surface area contributed by atoms with Crippen molar-refractivity contribution in [3.63, 3.8) is 0 Å². The number of carbonyl (C=O) groups excluding carboxylic acids is 1. The summed E-state index contributed by atoms with van der Waals surface area (Å²) in [5.74, 6) is -0.841. The van der Waals surface area contributed by atoms with Gasteiger partial charge >= 0.3 is 5.97 Å². The average molecular weight is 303 g/mol. The molecule has 1 N–H and O–H groups in total. The van der Waals surface area contributed by atoms with Crippen LogP contribution in [0.1, 0.15) is 13.8 Å². The average Bonchev–Trinajstić information content (AvgIpc) is 2.27. The number of anilines is 1. The number of nitrogens with zero attached hydrogens (tertiary/aromatic N) is 1. The van der Waals surface area contributed by atoms with Crippen LogP contribution in [0.2, 0.25) is 0 Å². The van der Waals surface area contributed by atoms with Gasteiger partial charge in [0, 0.05) is 4.47 Å². The van der Waals surface area contributed by atoms with Crippen LogP contribution < -0.4 is 5.43 Å². The Labute approximate surface area is 107 Å². The molecular formula is C11H12BrFN2O2. The Morgan fingerprint density at radius 1 is 1.59 bits per heavy atom. The second-order valence-electron chi connectivity index (χ2n) is 3.15. The van der Waals surface area contributed by atoms with E-state index in [9.17, 15) is 9.18 Å². The van der Waals surface area contributed by atoms with Crippen molar-refractivity contribution < 1.29 is 13.9 Å². The van der Waals surface area contributed by atoms with Crippen LogP contribution in [0.15, 0.2) is 27.8 Å². The smallest absolute Gasteiger partial charge is 0.354 e. The molecule has 0 radical (unpaired) electrons. The summed E-state index contributed by atoms with van der Waals surface area (Å²) in [6.45, 7) is 3.55. The van der Waals surface area contributed by atoms with E-state index in [0.29, 0.717) is 16.8 Å². The third kappa shape index (κ3) is 4.14. The molecule has 0 saturated carbocycles. The first-order chi connectivity index (χ1) is 8.04. The van der Waals surface area contributed by atoms with Crippen LogP contribution in [-0.2, 0) is 9.53 Å². The number of halogens is 2. The van der Waals surface area contributed by atoms with Crippen molar-refractivity contribution in [2.75, 3.05) is 12.0 Å². The van der Waals surface area contributed by atoms with Gasteiger partial charge in [-0.1, -0.05) is 0 Å². The Morgan fingerprint density at radius 2 is 2.29 bits per heavy atom. The Hall–Kier alpha value is -1.43. The molecule has 0 aliphatic heterocycles. The fourth-order valence-electron chi connectivity index (χ4n) is 1.01. The monoisotopic (exact) mass is 302 g/mol. The lowest BCUT2D eigenvalue weighted by Crippen LogP contribution is -2.15. The highest BCUT2D eigenvalue weighted by Crippen LogP contribution is 2.22. The maximum absolute atomic E-state index is 12.8. The van der Waals surface area contributed by atoms with E-state index in [1.54, 1.807) is 6.92 Å². The highest BCUT2D eigenvalue weighted by Gasteiger charge is 2.06. The van der Waals surface area contributed by atoms with E-state index in [1.807, 2.05) is 0 Å². The molecular weight excluding hydrogens is 291 g/mol. The van der Waals surface area contributed by atoms with E-state index < -0.39 is 5.97 Å². The Bertz CT molecular complexity index is 449. The molecule has 0 spiro atoms. The molecule has 0 aliphatic rings. The van der Waals surface area contributed by atoms with E-state index in [2.05, 4.69) is 26.5 Å². The number of rotatable bonds is 4. The minimum absolute atomic E-state index is 0.197. The van der Waals surface area contributed by atoms with Crippen LogP contribution in [0.4, 0.5) is 10.1 Å². The number of carbonyl (C=O) groups is 1. The lowest BCUT2D eigenvalue weighted by Gasteiger charge is -2.05. The molecule has 1 aromatic rings. The maximum Gasteiger partial charge on any atom is 0.354 e. The number of hydrogen-bond donors (Lipinski definition) is 1. The molecule has 4 nitrogen and oxygen atoms in total. The number of ether oxygens (including phenoxy) is 1. The molecule has 1 aromatic carbocycles. The molecule has 1 rings (SSSR count). The summed E-state index contributed by atoms with van der Waals surface area (Å²) >= 11 is 3.18. The summed E-state index contributed by atoms with van der Waals surface area (Å²) in [5.41, 5.74) is 3.41. The number of benzene rings is 1. The maximum atomic E-state index is 12.8. The first-order valence-corrected chi connectivity index (χ1v) is 5.76. The van der Waals surface area contributed by atoms with Gasteiger partial charge in [0.1, 0.15) is 11.5 Å². The first kappa shape index (κ1) is 13.6. The van der Waals surface area contributed by atoms with Gasteiger partial charge < -0.3 is 4.74 Å². The van der Waals surface area contributed by atoms with Crippen molar-refractivity contribution in [3.8, 4) is 0 Å². The Balaban J connectivity index is 2.72. The third-order valence-corrected chi connectivity index (χ3v) is 2.50. The van der Waals surface area contributed by atoms with Gasteiger partial charge in [-0.25, -0.2) is 9.18 Å². The van der Waals surface area contributed by atoms with Crippen LogP contribution in [0.5, 0.6) is 0 Å². The number of hydrazone groups is 1. The summed E-state index contributed by atoms with van der Waals surface area (Å²) in [4.78, 5) is 11.2. The van der Waals surface area contributed by atoms with Gasteiger partial charge in [-0.15, -0.1) is 0 Å². The van der Waals surface area contributed by atoms with Crippen LogP contribution in [-0.4, -0.2) is 18.3 Å². The zero-order chi connectivity index (χ0) is 12.8. The van der Waals surface area contributed by atoms with Crippen molar-refractivity contribution in [1.82, 2.24) is 0 Å². The summed E-state index contributed by atoms with van der Waals surface area (Å²) in [6, 6.07) is 4.11. The SMILES string of the molecule is CCOC(=O)/C(C)=N/Nc1ccc(F)cc1Br. The summed E-state index contributed by atoms with van der Waals surface area (Å²) in [5, 5.41) is 3.84. The van der Waals surface area contributed by atoms with Crippen LogP contribution in [0.3, 0.4) is 0 Å². The first-order valence-electron chi connectivity index (χ1n) is 4.97. The van der Waals surface area contributed by atoms with Crippen molar-refractivity contribution in [2.45, 2.75) is 13.8 Å². The van der Waals surface area contributed by atoms with Crippen molar-refractivity contribution in [1.29, 1.82) is 0 Å². The number of nitrogens with one attached hydrogen (secondary N) is 1. The fourth-order valence-corrected chi connectivity index (χ4v) is 1.44. The quantitative estimate of drug-likeness (QED) is 0.528. The largest absolute Gasteiger partial charge is 0.461 e. The lowest BCUT2D eigenvalue weighted by molar-refractivity contribution is -0.135. The topological polar surface area (TPSA) is 50.7 Å². The third-order valence-electron chi connectivity index (χ3n) is 1.85. The molecule has 0 amide bonds. The van der Waals surface area contributed by atoms with Crippen LogP contribution in [0.25, 0.3) is 0 Å². The molecule has 0 aromatic heterocycles. The Morgan fingerprint density at radius 3 is 2.88 bits per heavy atom. The molecule has 0 bridgehead atoms. The summed E-state index contributed by atoms with van der Waals surface area (Å²) in [7, 11) is 0. The van der Waals surface area contributed by atoms with E-state index in [1.165, 1.54) is 25.1 Å². The van der Waals surface area contributed by atoms with Crippen LogP contribution in [0, 0.1) is 5.82 Å². The minimum Gasteiger partial charge on any atom is -0.461 e. The molecule has 92 valence electrons. The predicted molar refractivity (Wildman–Crippen MR) is 67.5 cm³/mol. The zero-order valence-electron chi connectivity index (χ0n) is 9.46. The highest BCUT2D eigenvalue weighted by molar-refractivity contribution is 9.10. The van der Waals surface area contributed by atoms with E-state index in [4.69, 9.17) is 4.74 Å². The number of esters is 1. The predicted octanol–water partition coefficient (Wildman–Crippen LogP) is 2.94. The standard InChI is InChI=1S/C11H12BrFN2O2/c1-3-17-11(16)7(2)14-15-10-5-4-8(13)6-9(10)12/h4-6,15H,3H2,1-2H3/b14-7+. The zero-order valence-corrected chi connectivity index (χ0v) is 11.0. The molecule has 0 fully saturated rings. The van der Waals surface area contributed by atoms with E-state index in [0.717, 1.165) is 0 Å². The van der Waals surface area contributed by atoms with Gasteiger partial charge in [-0.05, 0) is 48.0 Å². The van der Waals surface area contributed by atoms with Crippen molar-refractivity contribution >= 4 is 33.3 Å². The van der Waals surface area contributed by atoms with Gasteiger partial charge in [-0.2, -0.15) is 5.10 Å². The van der Waals surface area contributed by atoms with Gasteiger partial charge in [0.25, 0.3) is 0 Å². The molecule has 0 atom stereocenters. The Kier molecular flexibility index (Phi) is 5.09. The number of hydrogen-bond acceptors (Lipinski definition) is 4. The van der Waals surface area contributed by atoms with Gasteiger partial charge in [-0.3, -0.25) is 5.43 Å². The van der Waals surface area contributed by atoms with Gasteiger partial charge in [0.05, 0.1) is 12.3 Å². The molecule has 17 heavy (non-hydrogen) atoms. The normalized spacial score (nSPS) is 11.2. The van der Waals surface area contributed by atoms with Crippen molar-refractivity contribution in [3.05, 3.63) is 28.5 Å². The second-order valence-corrected chi connectivity index (χ2v) is 4.01. The summed E-state index contributed by atoms with van der Waals surface area (Å²) in [6.07, 6.45) is 0. The minimum atomic E-state index is -0.488. The van der Waals surface area contributed by atoms with Crippen molar-refractivity contribution in [2.24, 2.45) is 5.10 Å². The molecule has 0 aliphatic carbocycles. The van der Waals surface area contributed by atoms with Gasteiger partial charge in [0.15, 0.2) is 0 Å². The second kappa shape index (κ2) is 6.34. The molecule has 0 saturated heterocycles. The van der Waals surface area contributed by atoms with Gasteiger partial charge in [0.2, 0.25) is 0 Å². The highest BCUT2D eigenvalue weighted by atomic mass is 79.9. The van der Waals surface area contributed by atoms with E-state index in [-0.39, 0.29) is 11.5 Å². The molecule has 0 heterocycles. The molecule has 6 heteroatoms. The fraction of sp³-hybridized carbons (Fsp3) is 0.273.